The highest BCUT2D eigenvalue weighted by atomic mass is 32.2. The van der Waals surface area contributed by atoms with E-state index in [1.807, 2.05) is 56.2 Å². The van der Waals surface area contributed by atoms with Gasteiger partial charge in [0.25, 0.3) is 5.91 Å². The molecular formula is C44H57N6O8S2-. The summed E-state index contributed by atoms with van der Waals surface area (Å²) in [5, 5.41) is 6.38. The molecule has 4 fully saturated rings. The van der Waals surface area contributed by atoms with Gasteiger partial charge in [-0.3, -0.25) is 27.7 Å². The van der Waals surface area contributed by atoms with E-state index in [4.69, 9.17) is 19.4 Å². The summed E-state index contributed by atoms with van der Waals surface area (Å²) in [4.78, 5) is 70.6. The number of nitrogens with zero attached hydrogens (tertiary/aromatic N) is 5. The molecule has 2 aliphatic carbocycles. The summed E-state index contributed by atoms with van der Waals surface area (Å²) >= 11 is -1.34. The van der Waals surface area contributed by atoms with Crippen LogP contribution < -0.4 is 14.8 Å². The number of rotatable bonds is 14. The van der Waals surface area contributed by atoms with E-state index in [2.05, 4.69) is 25.7 Å². The summed E-state index contributed by atoms with van der Waals surface area (Å²) < 4.78 is 38.0. The third-order valence-electron chi connectivity index (χ3n) is 12.5. The number of methoxy groups -OCH3 is 1. The SMILES string of the molecule is C=C[C@@H]1CC1(NC(=O)[C@@H]1C[C@@H](Oc2cc(-c3nc(C(C)C)cs3)nc3c(C)c(OC)ccc23)CN1C(=O)[C@@H](CC(=O)N1CCCCC1)C(C)(C)C)C(=O)N(C1CC1)S(=O)[O-]. The number of carbonyl (C=O) groups excluding carboxylic acids is 4. The van der Waals surface area contributed by atoms with Gasteiger partial charge < -0.3 is 29.1 Å². The van der Waals surface area contributed by atoms with Crippen LogP contribution in [0.4, 0.5) is 0 Å². The van der Waals surface area contributed by atoms with Gasteiger partial charge in [0.1, 0.15) is 39.9 Å². The average molecular weight is 862 g/mol. The maximum atomic E-state index is 15.0. The molecular weight excluding hydrogens is 805 g/mol. The molecule has 1 aromatic carbocycles. The third kappa shape index (κ3) is 8.69. The topological polar surface area (TPSA) is 174 Å². The summed E-state index contributed by atoms with van der Waals surface area (Å²) in [6.07, 6.45) is 5.08. The Morgan fingerprint density at radius 2 is 1.85 bits per heavy atom. The summed E-state index contributed by atoms with van der Waals surface area (Å²) in [5.41, 5.74) is 0.855. The number of aromatic nitrogens is 2. The van der Waals surface area contributed by atoms with Crippen molar-refractivity contribution in [3.05, 3.63) is 47.5 Å². The summed E-state index contributed by atoms with van der Waals surface area (Å²) in [5.74, 6) is -1.65. The highest BCUT2D eigenvalue weighted by Crippen LogP contribution is 2.48. The van der Waals surface area contributed by atoms with Crippen molar-refractivity contribution in [3.8, 4) is 22.2 Å². The van der Waals surface area contributed by atoms with Gasteiger partial charge in [-0.25, -0.2) is 9.97 Å². The maximum absolute atomic E-state index is 15.0. The van der Waals surface area contributed by atoms with Gasteiger partial charge in [0.15, 0.2) is 0 Å². The van der Waals surface area contributed by atoms with Crippen LogP contribution in [0.3, 0.4) is 0 Å². The van der Waals surface area contributed by atoms with Gasteiger partial charge >= 0.3 is 0 Å². The fourth-order valence-electron chi connectivity index (χ4n) is 8.62. The Labute approximate surface area is 358 Å². The predicted molar refractivity (Wildman–Crippen MR) is 229 cm³/mol. The minimum absolute atomic E-state index is 0.0169. The number of nitrogens with one attached hydrogen (secondary N) is 1. The zero-order valence-electron chi connectivity index (χ0n) is 35.7. The number of thiazole rings is 1. The Morgan fingerprint density at radius 1 is 1.13 bits per heavy atom. The standard InChI is InChI=1S/C44H58N6O8S2/c1-9-27-22-44(27,42(54)50(60(55)56)28-13-14-28)47-39(52)34-19-29(23-49(34)41(53)31(43(5,6)7)20-37(51)48-17-11-10-12-18-48)58-36-21-32(40-46-33(24-59-40)25(2)3)45-38-26(4)35(57-8)16-15-30(36)38/h9,15-16,21,24-25,27-29,31,34H,1,10-14,17-20,22-23H2,2-8H3,(H,47,52)(H,55,56)/p-1/t27-,29-,31-,34+,44?/m1/s1. The Balaban J connectivity index is 1.24. The number of amides is 4. The van der Waals surface area contributed by atoms with Crippen molar-refractivity contribution in [2.24, 2.45) is 17.3 Å². The van der Waals surface area contributed by atoms with E-state index in [0.717, 1.165) is 39.8 Å². The fourth-order valence-corrected chi connectivity index (χ4v) is 10.3. The number of fused-ring (bicyclic) bond motifs is 1. The molecule has 4 aliphatic rings. The molecule has 2 saturated heterocycles. The van der Waals surface area contributed by atoms with E-state index >= 15 is 0 Å². The molecule has 14 nitrogen and oxygen atoms in total. The van der Waals surface area contributed by atoms with Crippen LogP contribution in [0.2, 0.25) is 0 Å². The van der Waals surface area contributed by atoms with Crippen LogP contribution in [0, 0.1) is 24.2 Å². The second-order valence-electron chi connectivity index (χ2n) is 18.2. The van der Waals surface area contributed by atoms with Crippen LogP contribution in [0.15, 0.2) is 36.2 Å². The highest BCUT2D eigenvalue weighted by Gasteiger charge is 2.63. The van der Waals surface area contributed by atoms with Crippen LogP contribution in [-0.2, 0) is 30.4 Å². The Bertz CT molecular complexity index is 2190. The quantitative estimate of drug-likeness (QED) is 0.148. The first-order valence-corrected chi connectivity index (χ1v) is 22.9. The van der Waals surface area contributed by atoms with E-state index < -0.39 is 64.1 Å². The summed E-state index contributed by atoms with van der Waals surface area (Å²) in [6.45, 7) is 17.0. The maximum Gasteiger partial charge on any atom is 0.260 e. The molecule has 0 bridgehead atoms. The van der Waals surface area contributed by atoms with Gasteiger partial charge in [0.05, 0.1) is 42.0 Å². The normalized spacial score (nSPS) is 23.9. The number of piperidine rings is 1. The van der Waals surface area contributed by atoms with Crippen molar-refractivity contribution in [1.29, 1.82) is 0 Å². The Morgan fingerprint density at radius 3 is 2.43 bits per heavy atom. The van der Waals surface area contributed by atoms with Gasteiger partial charge in [-0.05, 0) is 68.9 Å². The summed E-state index contributed by atoms with van der Waals surface area (Å²) in [6, 6.07) is 4.02. The van der Waals surface area contributed by atoms with E-state index in [1.54, 1.807) is 13.2 Å². The van der Waals surface area contributed by atoms with Gasteiger partial charge in [-0.1, -0.05) is 40.7 Å². The Hall–Kier alpha value is -4.41. The van der Waals surface area contributed by atoms with Crippen LogP contribution in [-0.4, -0.2) is 107 Å². The van der Waals surface area contributed by atoms with Crippen LogP contribution in [0.25, 0.3) is 21.6 Å². The summed E-state index contributed by atoms with van der Waals surface area (Å²) in [7, 11) is 1.60. The van der Waals surface area contributed by atoms with Crippen molar-refractivity contribution in [1.82, 2.24) is 29.4 Å². The molecule has 60 heavy (non-hydrogen) atoms. The first-order valence-electron chi connectivity index (χ1n) is 21.0. The highest BCUT2D eigenvalue weighted by molar-refractivity contribution is 7.77. The fraction of sp³-hybridized carbons (Fsp3) is 0.591. The smallest absolute Gasteiger partial charge is 0.260 e. The molecule has 2 saturated carbocycles. The second-order valence-corrected chi connectivity index (χ2v) is 19.8. The molecule has 0 spiro atoms. The first-order chi connectivity index (χ1) is 28.5. The van der Waals surface area contributed by atoms with E-state index in [0.29, 0.717) is 54.0 Å². The number of pyridine rings is 1. The molecule has 0 radical (unpaired) electrons. The largest absolute Gasteiger partial charge is 0.755 e. The number of benzene rings is 1. The number of ether oxygens (including phenoxy) is 2. The van der Waals surface area contributed by atoms with E-state index in [-0.39, 0.29) is 43.5 Å². The van der Waals surface area contributed by atoms with E-state index in [9.17, 15) is 27.9 Å². The number of likely N-dealkylation sites (tertiary alicyclic amines) is 2. The van der Waals surface area contributed by atoms with Crippen molar-refractivity contribution in [2.45, 2.75) is 123 Å². The van der Waals surface area contributed by atoms with Crippen molar-refractivity contribution >= 4 is 57.1 Å². The molecule has 3 aromatic rings. The van der Waals surface area contributed by atoms with Crippen molar-refractivity contribution in [2.75, 3.05) is 26.7 Å². The zero-order chi connectivity index (χ0) is 43.3. The lowest BCUT2D eigenvalue weighted by Crippen LogP contribution is -2.57. The van der Waals surface area contributed by atoms with Crippen molar-refractivity contribution < 1.29 is 37.4 Å². The van der Waals surface area contributed by atoms with Crippen LogP contribution >= 0.6 is 11.3 Å². The van der Waals surface area contributed by atoms with Gasteiger partial charge in [-0.15, -0.1) is 17.9 Å². The second kappa shape index (κ2) is 17.2. The van der Waals surface area contributed by atoms with Crippen molar-refractivity contribution in [3.63, 3.8) is 0 Å². The molecule has 4 heterocycles. The molecule has 2 unspecified atom stereocenters. The lowest BCUT2D eigenvalue weighted by Gasteiger charge is -2.37. The van der Waals surface area contributed by atoms with Crippen LogP contribution in [0.1, 0.15) is 103 Å². The molecule has 6 atom stereocenters. The first kappa shape index (κ1) is 43.7. The molecule has 2 aromatic heterocycles. The van der Waals surface area contributed by atoms with Crippen LogP contribution in [0.5, 0.6) is 11.5 Å². The molecule has 7 rings (SSSR count). The molecule has 1 N–H and O–H groups in total. The number of hydrogen-bond acceptors (Lipinski definition) is 11. The number of hydrogen-bond donors (Lipinski definition) is 1. The molecule has 324 valence electrons. The predicted octanol–water partition coefficient (Wildman–Crippen LogP) is 6.06. The number of carbonyl (C=O) groups is 4. The van der Waals surface area contributed by atoms with Gasteiger partial charge in [0, 0.05) is 60.3 Å². The van der Waals surface area contributed by atoms with Gasteiger partial charge in [-0.2, -0.15) is 0 Å². The average Bonchev–Trinajstić information content (AvgIpc) is 4.06. The minimum Gasteiger partial charge on any atom is -0.755 e. The zero-order valence-corrected chi connectivity index (χ0v) is 37.3. The monoisotopic (exact) mass is 861 g/mol. The van der Waals surface area contributed by atoms with E-state index in [1.165, 1.54) is 16.2 Å². The molecule has 16 heteroatoms. The minimum atomic E-state index is -2.83. The lowest BCUT2D eigenvalue weighted by atomic mass is 9.77. The molecule has 4 amide bonds. The number of aryl methyl sites for hydroxylation is 1. The third-order valence-corrected chi connectivity index (χ3v) is 14.2. The Kier molecular flexibility index (Phi) is 12.5. The lowest BCUT2D eigenvalue weighted by molar-refractivity contribution is -0.149. The molecule has 2 aliphatic heterocycles. The van der Waals surface area contributed by atoms with Gasteiger partial charge in [0.2, 0.25) is 17.7 Å².